The number of hydrogen-bond acceptors (Lipinski definition) is 4. The summed E-state index contributed by atoms with van der Waals surface area (Å²) < 4.78 is 22.2. The first kappa shape index (κ1) is 12.4. The molecule has 6 heteroatoms. The van der Waals surface area contributed by atoms with E-state index in [1.807, 2.05) is 6.92 Å². The number of nitrogen functional groups attached to an aromatic ring is 1. The van der Waals surface area contributed by atoms with Gasteiger partial charge >= 0.3 is 0 Å². The number of primary sulfonamides is 1. The van der Waals surface area contributed by atoms with Gasteiger partial charge in [-0.1, -0.05) is 6.92 Å². The van der Waals surface area contributed by atoms with Gasteiger partial charge in [0.2, 0.25) is 10.0 Å². The molecule has 0 heterocycles. The van der Waals surface area contributed by atoms with Gasteiger partial charge in [-0.2, -0.15) is 0 Å². The monoisotopic (exact) mass is 246 g/mol. The fraction of sp³-hybridized carbons (Fsp3) is 0.333. The van der Waals surface area contributed by atoms with Crippen molar-refractivity contribution in [2.45, 2.75) is 23.1 Å². The van der Waals surface area contributed by atoms with Crippen molar-refractivity contribution in [1.29, 1.82) is 0 Å². The topological polar surface area (TPSA) is 86.2 Å². The number of anilines is 1. The van der Waals surface area contributed by atoms with E-state index in [2.05, 4.69) is 0 Å². The third-order valence-electron chi connectivity index (χ3n) is 1.78. The summed E-state index contributed by atoms with van der Waals surface area (Å²) in [4.78, 5) is 0.874. The molecule has 0 atom stereocenters. The highest BCUT2D eigenvalue weighted by Crippen LogP contribution is 2.27. The predicted molar refractivity (Wildman–Crippen MR) is 63.2 cm³/mol. The fourth-order valence-corrected chi connectivity index (χ4v) is 2.51. The van der Waals surface area contributed by atoms with Crippen molar-refractivity contribution in [3.05, 3.63) is 18.2 Å². The second-order valence-electron chi connectivity index (χ2n) is 3.09. The van der Waals surface area contributed by atoms with Crippen LogP contribution >= 0.6 is 11.8 Å². The van der Waals surface area contributed by atoms with Crippen LogP contribution < -0.4 is 10.9 Å². The smallest absolute Gasteiger partial charge is 0.238 e. The third-order valence-corrected chi connectivity index (χ3v) is 3.96. The first-order valence-electron chi connectivity index (χ1n) is 4.50. The fourth-order valence-electron chi connectivity index (χ4n) is 1.03. The van der Waals surface area contributed by atoms with Crippen LogP contribution in [0.2, 0.25) is 0 Å². The molecule has 0 aliphatic rings. The first-order valence-corrected chi connectivity index (χ1v) is 7.03. The standard InChI is InChI=1S/C9H14N2O2S2/c1-2-5-14-9-6-7(15(11,12)13)3-4-8(9)10/h3-4,6H,2,5,10H2,1H3,(H2,11,12,13). The van der Waals surface area contributed by atoms with Crippen molar-refractivity contribution >= 4 is 27.5 Å². The highest BCUT2D eigenvalue weighted by atomic mass is 32.2. The molecule has 4 N–H and O–H groups in total. The summed E-state index contributed by atoms with van der Waals surface area (Å²) in [6.07, 6.45) is 1.00. The van der Waals surface area contributed by atoms with E-state index in [4.69, 9.17) is 10.9 Å². The second kappa shape index (κ2) is 4.87. The van der Waals surface area contributed by atoms with Crippen LogP contribution in [0, 0.1) is 0 Å². The minimum Gasteiger partial charge on any atom is -0.398 e. The largest absolute Gasteiger partial charge is 0.398 e. The quantitative estimate of drug-likeness (QED) is 0.621. The summed E-state index contributed by atoms with van der Waals surface area (Å²) in [5, 5.41) is 5.03. The van der Waals surface area contributed by atoms with E-state index in [1.54, 1.807) is 6.07 Å². The summed E-state index contributed by atoms with van der Waals surface area (Å²) in [5.74, 6) is 0.901. The van der Waals surface area contributed by atoms with Crippen LogP contribution in [0.1, 0.15) is 13.3 Å². The maximum atomic E-state index is 11.1. The zero-order valence-corrected chi connectivity index (χ0v) is 10.1. The van der Waals surface area contributed by atoms with E-state index in [0.29, 0.717) is 5.69 Å². The lowest BCUT2D eigenvalue weighted by Gasteiger charge is -2.06. The summed E-state index contributed by atoms with van der Waals surface area (Å²) in [5.41, 5.74) is 6.30. The lowest BCUT2D eigenvalue weighted by atomic mass is 10.3. The molecule has 0 bridgehead atoms. The molecule has 0 fully saturated rings. The maximum Gasteiger partial charge on any atom is 0.238 e. The molecule has 1 rings (SSSR count). The molecule has 0 unspecified atom stereocenters. The Morgan fingerprint density at radius 1 is 1.40 bits per heavy atom. The minimum atomic E-state index is -3.64. The summed E-state index contributed by atoms with van der Waals surface area (Å²) in [7, 11) is -3.64. The van der Waals surface area contributed by atoms with Crippen molar-refractivity contribution in [2.24, 2.45) is 5.14 Å². The number of thioether (sulfide) groups is 1. The van der Waals surface area contributed by atoms with Gasteiger partial charge in [0.1, 0.15) is 0 Å². The molecule has 1 aromatic rings. The SMILES string of the molecule is CCCSc1cc(S(N)(=O)=O)ccc1N. The molecule has 0 amide bonds. The normalized spacial score (nSPS) is 11.6. The first-order chi connectivity index (χ1) is 6.95. The van der Waals surface area contributed by atoms with E-state index in [1.165, 1.54) is 23.9 Å². The predicted octanol–water partition coefficient (Wildman–Crippen LogP) is 1.42. The van der Waals surface area contributed by atoms with E-state index < -0.39 is 10.0 Å². The van der Waals surface area contributed by atoms with Crippen LogP contribution in [0.3, 0.4) is 0 Å². The van der Waals surface area contributed by atoms with Gasteiger partial charge < -0.3 is 5.73 Å². The van der Waals surface area contributed by atoms with Crippen LogP contribution in [0.25, 0.3) is 0 Å². The Kier molecular flexibility index (Phi) is 4.01. The van der Waals surface area contributed by atoms with Crippen LogP contribution in [0.5, 0.6) is 0 Å². The van der Waals surface area contributed by atoms with Gasteiger partial charge in [-0.25, -0.2) is 13.6 Å². The molecule has 0 aromatic heterocycles. The Hall–Kier alpha value is -0.720. The molecule has 0 saturated heterocycles. The van der Waals surface area contributed by atoms with E-state index in [9.17, 15) is 8.42 Å². The van der Waals surface area contributed by atoms with E-state index in [0.717, 1.165) is 17.1 Å². The summed E-state index contributed by atoms with van der Waals surface area (Å²) in [6, 6.07) is 4.50. The molecule has 0 saturated carbocycles. The highest BCUT2D eigenvalue weighted by molar-refractivity contribution is 7.99. The van der Waals surface area contributed by atoms with Crippen LogP contribution in [0.4, 0.5) is 5.69 Å². The van der Waals surface area contributed by atoms with E-state index in [-0.39, 0.29) is 4.90 Å². The molecule has 1 aromatic carbocycles. The second-order valence-corrected chi connectivity index (χ2v) is 5.79. The van der Waals surface area contributed by atoms with Crippen molar-refractivity contribution in [3.8, 4) is 0 Å². The molecular weight excluding hydrogens is 232 g/mol. The molecule has 0 spiro atoms. The number of benzene rings is 1. The summed E-state index contributed by atoms with van der Waals surface area (Å²) in [6.45, 7) is 2.05. The van der Waals surface area contributed by atoms with Gasteiger partial charge in [0, 0.05) is 10.6 Å². The van der Waals surface area contributed by atoms with Gasteiger partial charge in [-0.15, -0.1) is 11.8 Å². The Morgan fingerprint density at radius 2 is 2.07 bits per heavy atom. The Morgan fingerprint density at radius 3 is 2.60 bits per heavy atom. The van der Waals surface area contributed by atoms with Crippen molar-refractivity contribution in [3.63, 3.8) is 0 Å². The highest BCUT2D eigenvalue weighted by Gasteiger charge is 2.10. The Labute approximate surface area is 94.1 Å². The molecule has 4 nitrogen and oxygen atoms in total. The van der Waals surface area contributed by atoms with Crippen LogP contribution in [0.15, 0.2) is 28.0 Å². The lowest BCUT2D eigenvalue weighted by Crippen LogP contribution is -2.12. The van der Waals surface area contributed by atoms with Gasteiger partial charge in [-0.05, 0) is 30.4 Å². The molecule has 84 valence electrons. The van der Waals surface area contributed by atoms with Gasteiger partial charge in [0.15, 0.2) is 0 Å². The minimum absolute atomic E-state index is 0.107. The average molecular weight is 246 g/mol. The van der Waals surface area contributed by atoms with Crippen molar-refractivity contribution in [1.82, 2.24) is 0 Å². The maximum absolute atomic E-state index is 11.1. The summed E-state index contributed by atoms with van der Waals surface area (Å²) >= 11 is 1.53. The molecule has 15 heavy (non-hydrogen) atoms. The average Bonchev–Trinajstić information content (AvgIpc) is 2.15. The van der Waals surface area contributed by atoms with Gasteiger partial charge in [0.05, 0.1) is 4.90 Å². The van der Waals surface area contributed by atoms with E-state index >= 15 is 0 Å². The number of hydrogen-bond donors (Lipinski definition) is 2. The molecular formula is C9H14N2O2S2. The zero-order valence-electron chi connectivity index (χ0n) is 8.43. The molecule has 0 radical (unpaired) electrons. The van der Waals surface area contributed by atoms with Crippen LogP contribution in [-0.2, 0) is 10.0 Å². The van der Waals surface area contributed by atoms with Crippen LogP contribution in [-0.4, -0.2) is 14.2 Å². The van der Waals surface area contributed by atoms with Gasteiger partial charge in [-0.3, -0.25) is 0 Å². The zero-order chi connectivity index (χ0) is 11.5. The molecule has 0 aliphatic carbocycles. The lowest BCUT2D eigenvalue weighted by molar-refractivity contribution is 0.597. The number of rotatable bonds is 4. The van der Waals surface area contributed by atoms with Crippen molar-refractivity contribution < 1.29 is 8.42 Å². The number of nitrogens with two attached hydrogens (primary N) is 2. The number of sulfonamides is 1. The third kappa shape index (κ3) is 3.40. The van der Waals surface area contributed by atoms with Gasteiger partial charge in [0.25, 0.3) is 0 Å². The molecule has 0 aliphatic heterocycles. The van der Waals surface area contributed by atoms with Crippen molar-refractivity contribution in [2.75, 3.05) is 11.5 Å². The Balaban J connectivity index is 3.06. The Bertz CT molecular complexity index is 443.